The van der Waals surface area contributed by atoms with Gasteiger partial charge in [-0.25, -0.2) is 9.59 Å². The van der Waals surface area contributed by atoms with E-state index in [0.29, 0.717) is 10.7 Å². The Hall–Kier alpha value is -1.75. The van der Waals surface area contributed by atoms with E-state index in [-0.39, 0.29) is 6.10 Å². The van der Waals surface area contributed by atoms with E-state index in [9.17, 15) is 9.59 Å². The molecule has 1 amide bonds. The number of ether oxygens (including phenoxy) is 2. The van der Waals surface area contributed by atoms with E-state index in [1.165, 1.54) is 13.3 Å². The quantitative estimate of drug-likeness (QED) is 0.844. The Balaban J connectivity index is 1.78. The molecule has 0 heterocycles. The lowest BCUT2D eigenvalue weighted by Crippen LogP contribution is -2.32. The average Bonchev–Trinajstić information content (AvgIpc) is 2.48. The first-order chi connectivity index (χ1) is 10.5. The number of esters is 1. The average molecular weight is 326 g/mol. The van der Waals surface area contributed by atoms with Crippen molar-refractivity contribution in [3.05, 3.63) is 29.3 Å². The first kappa shape index (κ1) is 16.6. The highest BCUT2D eigenvalue weighted by Gasteiger charge is 2.24. The summed E-state index contributed by atoms with van der Waals surface area (Å²) in [6.07, 6.45) is 3.38. The van der Waals surface area contributed by atoms with Crippen LogP contribution < -0.4 is 5.32 Å². The van der Waals surface area contributed by atoms with Crippen molar-refractivity contribution in [3.8, 4) is 0 Å². The van der Waals surface area contributed by atoms with Crippen LogP contribution in [-0.2, 0) is 14.3 Å². The van der Waals surface area contributed by atoms with Crippen molar-refractivity contribution in [2.24, 2.45) is 0 Å². The fraction of sp³-hybridized carbons (Fsp3) is 0.500. The van der Waals surface area contributed by atoms with Gasteiger partial charge in [-0.15, -0.1) is 0 Å². The summed E-state index contributed by atoms with van der Waals surface area (Å²) in [6.45, 7) is 1.50. The van der Waals surface area contributed by atoms with Crippen LogP contribution in [0.2, 0.25) is 5.02 Å². The molecular formula is C16H20ClNO4. The highest BCUT2D eigenvalue weighted by atomic mass is 35.5. The minimum Gasteiger partial charge on any atom is -0.460 e. The number of nitrogens with one attached hydrogen (secondary N) is 1. The van der Waals surface area contributed by atoms with Gasteiger partial charge in [0.25, 0.3) is 0 Å². The molecule has 0 saturated heterocycles. The summed E-state index contributed by atoms with van der Waals surface area (Å²) in [4.78, 5) is 23.7. The predicted octanol–water partition coefficient (Wildman–Crippen LogP) is 4.15. The van der Waals surface area contributed by atoms with Crippen molar-refractivity contribution in [1.82, 2.24) is 0 Å². The molecule has 0 spiro atoms. The van der Waals surface area contributed by atoms with Crippen molar-refractivity contribution in [1.29, 1.82) is 0 Å². The number of benzene rings is 1. The van der Waals surface area contributed by atoms with E-state index in [4.69, 9.17) is 21.1 Å². The van der Waals surface area contributed by atoms with Gasteiger partial charge in [-0.05, 0) is 50.8 Å². The second-order valence-electron chi connectivity index (χ2n) is 5.38. The SMILES string of the molecule is C[C@@H](OC(=O)Nc1cccc(Cl)c1)C(=O)OC1CCCCC1. The maximum atomic E-state index is 11.9. The summed E-state index contributed by atoms with van der Waals surface area (Å²) >= 11 is 5.83. The summed E-state index contributed by atoms with van der Waals surface area (Å²) in [5, 5.41) is 3.02. The molecular weight excluding hydrogens is 306 g/mol. The van der Waals surface area contributed by atoms with Gasteiger partial charge in [0, 0.05) is 10.7 Å². The van der Waals surface area contributed by atoms with E-state index in [1.54, 1.807) is 24.3 Å². The Bertz CT molecular complexity index is 529. The number of carbonyl (C=O) groups is 2. The van der Waals surface area contributed by atoms with Crippen LogP contribution >= 0.6 is 11.6 Å². The van der Waals surface area contributed by atoms with E-state index in [1.807, 2.05) is 0 Å². The van der Waals surface area contributed by atoms with Crippen molar-refractivity contribution in [3.63, 3.8) is 0 Å². The van der Waals surface area contributed by atoms with Gasteiger partial charge in [-0.1, -0.05) is 24.1 Å². The first-order valence-corrected chi connectivity index (χ1v) is 7.86. The number of anilines is 1. The van der Waals surface area contributed by atoms with E-state index < -0.39 is 18.2 Å². The van der Waals surface area contributed by atoms with Gasteiger partial charge >= 0.3 is 12.1 Å². The fourth-order valence-electron chi connectivity index (χ4n) is 2.37. The van der Waals surface area contributed by atoms with Gasteiger partial charge in [0.05, 0.1) is 0 Å². The number of amides is 1. The lowest BCUT2D eigenvalue weighted by Gasteiger charge is -2.23. The number of halogens is 1. The molecule has 1 aliphatic carbocycles. The molecule has 1 N–H and O–H groups in total. The van der Waals surface area contributed by atoms with Gasteiger partial charge in [0.1, 0.15) is 6.10 Å². The maximum absolute atomic E-state index is 11.9. The third-order valence-electron chi connectivity index (χ3n) is 3.52. The van der Waals surface area contributed by atoms with Gasteiger partial charge in [-0.2, -0.15) is 0 Å². The second kappa shape index (κ2) is 8.03. The molecule has 0 aromatic heterocycles. The molecule has 0 bridgehead atoms. The highest BCUT2D eigenvalue weighted by molar-refractivity contribution is 6.30. The third-order valence-corrected chi connectivity index (χ3v) is 3.76. The maximum Gasteiger partial charge on any atom is 0.412 e. The Labute approximate surface area is 134 Å². The molecule has 1 fully saturated rings. The zero-order chi connectivity index (χ0) is 15.9. The molecule has 1 aromatic rings. The van der Waals surface area contributed by atoms with Gasteiger partial charge in [0.2, 0.25) is 0 Å². The van der Waals surface area contributed by atoms with Crippen LogP contribution in [0.15, 0.2) is 24.3 Å². The molecule has 6 heteroatoms. The van der Waals surface area contributed by atoms with Crippen LogP contribution in [-0.4, -0.2) is 24.3 Å². The van der Waals surface area contributed by atoms with Gasteiger partial charge in [-0.3, -0.25) is 5.32 Å². The lowest BCUT2D eigenvalue weighted by atomic mass is 9.98. The number of carbonyl (C=O) groups excluding carboxylic acids is 2. The van der Waals surface area contributed by atoms with Crippen LogP contribution in [0.5, 0.6) is 0 Å². The third kappa shape index (κ3) is 5.22. The minimum absolute atomic E-state index is 0.0525. The summed E-state index contributed by atoms with van der Waals surface area (Å²) < 4.78 is 10.4. The molecule has 1 saturated carbocycles. The Kier molecular flexibility index (Phi) is 6.07. The van der Waals surface area contributed by atoms with Crippen molar-refractivity contribution < 1.29 is 19.1 Å². The van der Waals surface area contributed by atoms with E-state index in [0.717, 1.165) is 25.7 Å². The van der Waals surface area contributed by atoms with Crippen LogP contribution in [0.3, 0.4) is 0 Å². The molecule has 0 aliphatic heterocycles. The van der Waals surface area contributed by atoms with E-state index >= 15 is 0 Å². The zero-order valence-electron chi connectivity index (χ0n) is 12.5. The van der Waals surface area contributed by atoms with E-state index in [2.05, 4.69) is 5.32 Å². The Morgan fingerprint density at radius 1 is 1.27 bits per heavy atom. The number of hydrogen-bond acceptors (Lipinski definition) is 4. The molecule has 1 aromatic carbocycles. The van der Waals surface area contributed by atoms with Crippen molar-refractivity contribution >= 4 is 29.4 Å². The molecule has 0 radical (unpaired) electrons. The fourth-order valence-corrected chi connectivity index (χ4v) is 2.56. The molecule has 0 unspecified atom stereocenters. The summed E-state index contributed by atoms with van der Waals surface area (Å²) in [5.74, 6) is -0.506. The van der Waals surface area contributed by atoms with Crippen LogP contribution in [0.25, 0.3) is 0 Å². The summed E-state index contributed by atoms with van der Waals surface area (Å²) in [5.41, 5.74) is 0.505. The molecule has 1 aliphatic rings. The van der Waals surface area contributed by atoms with Crippen LogP contribution in [0.4, 0.5) is 10.5 Å². The molecule has 120 valence electrons. The smallest absolute Gasteiger partial charge is 0.412 e. The Morgan fingerprint density at radius 3 is 2.68 bits per heavy atom. The van der Waals surface area contributed by atoms with Gasteiger partial charge in [0.15, 0.2) is 6.10 Å². The Morgan fingerprint density at radius 2 is 2.00 bits per heavy atom. The van der Waals surface area contributed by atoms with Crippen molar-refractivity contribution in [2.75, 3.05) is 5.32 Å². The van der Waals surface area contributed by atoms with Crippen molar-refractivity contribution in [2.45, 2.75) is 51.2 Å². The standard InChI is InChI=1S/C16H20ClNO4/c1-11(15(19)22-14-8-3-2-4-9-14)21-16(20)18-13-7-5-6-12(17)10-13/h5-7,10-11,14H,2-4,8-9H2,1H3,(H,18,20)/t11-/m1/s1. The highest BCUT2D eigenvalue weighted by Crippen LogP contribution is 2.21. The van der Waals surface area contributed by atoms with Crippen LogP contribution in [0, 0.1) is 0 Å². The molecule has 1 atom stereocenters. The molecule has 2 rings (SSSR count). The summed E-state index contributed by atoms with van der Waals surface area (Å²) in [7, 11) is 0. The predicted molar refractivity (Wildman–Crippen MR) is 84.0 cm³/mol. The normalized spacial score (nSPS) is 16.6. The largest absolute Gasteiger partial charge is 0.460 e. The monoisotopic (exact) mass is 325 g/mol. The van der Waals surface area contributed by atoms with Gasteiger partial charge < -0.3 is 9.47 Å². The number of rotatable bonds is 4. The van der Waals surface area contributed by atoms with Crippen LogP contribution in [0.1, 0.15) is 39.0 Å². The molecule has 5 nitrogen and oxygen atoms in total. The molecule has 22 heavy (non-hydrogen) atoms. The first-order valence-electron chi connectivity index (χ1n) is 7.48. The second-order valence-corrected chi connectivity index (χ2v) is 5.82. The topological polar surface area (TPSA) is 64.6 Å². The zero-order valence-corrected chi connectivity index (χ0v) is 13.3. The lowest BCUT2D eigenvalue weighted by molar-refractivity contribution is -0.159. The minimum atomic E-state index is -0.943. The summed E-state index contributed by atoms with van der Waals surface area (Å²) in [6, 6.07) is 6.67. The number of hydrogen-bond donors (Lipinski definition) is 1.